The molecule has 3 rings (SSSR count). The summed E-state index contributed by atoms with van der Waals surface area (Å²) in [6, 6.07) is 13.2. The third kappa shape index (κ3) is 4.75. The Balaban J connectivity index is 1.77. The summed E-state index contributed by atoms with van der Waals surface area (Å²) in [6.07, 6.45) is 0. The van der Waals surface area contributed by atoms with Crippen molar-refractivity contribution in [1.29, 1.82) is 0 Å². The predicted octanol–water partition coefficient (Wildman–Crippen LogP) is 2.62. The summed E-state index contributed by atoms with van der Waals surface area (Å²) in [6.45, 7) is 6.10. The highest BCUT2D eigenvalue weighted by Crippen LogP contribution is 2.19. The van der Waals surface area contributed by atoms with Gasteiger partial charge >= 0.3 is 5.69 Å². The molecule has 0 N–H and O–H groups in total. The van der Waals surface area contributed by atoms with Crippen LogP contribution in [0.25, 0.3) is 5.69 Å². The highest BCUT2D eigenvalue weighted by molar-refractivity contribution is 5.98. The summed E-state index contributed by atoms with van der Waals surface area (Å²) in [7, 11) is 1.55. The quantitative estimate of drug-likeness (QED) is 0.343. The molecule has 154 valence electrons. The normalized spacial score (nSPS) is 11.0. The number of aromatic nitrogens is 4. The molecule has 8 heteroatoms. The fraction of sp³-hybridized carbons (Fsp3) is 0.273. The molecular formula is C22H23N5O3. The SMILES string of the molecule is CC#CCOc1cccc(C(C)=NOCc2c(C)cccc2-n2nnn(C)c2=O)c1. The maximum absolute atomic E-state index is 12.2. The number of oxime groups is 1. The van der Waals surface area contributed by atoms with E-state index in [2.05, 4.69) is 27.4 Å². The Morgan fingerprint density at radius 3 is 2.73 bits per heavy atom. The van der Waals surface area contributed by atoms with Gasteiger partial charge in [-0.3, -0.25) is 0 Å². The highest BCUT2D eigenvalue weighted by Gasteiger charge is 2.13. The lowest BCUT2D eigenvalue weighted by Gasteiger charge is -2.11. The van der Waals surface area contributed by atoms with Crippen LogP contribution in [0.15, 0.2) is 52.4 Å². The van der Waals surface area contributed by atoms with Crippen LogP contribution in [0.3, 0.4) is 0 Å². The molecule has 1 heterocycles. The molecule has 0 bridgehead atoms. The molecule has 0 fully saturated rings. The fourth-order valence-electron chi connectivity index (χ4n) is 2.79. The molecular weight excluding hydrogens is 382 g/mol. The van der Waals surface area contributed by atoms with Crippen LogP contribution in [0, 0.1) is 18.8 Å². The average molecular weight is 405 g/mol. The summed E-state index contributed by atoms with van der Waals surface area (Å²) < 4.78 is 8.02. The second-order valence-electron chi connectivity index (χ2n) is 6.56. The summed E-state index contributed by atoms with van der Waals surface area (Å²) in [5.74, 6) is 6.38. The molecule has 0 aliphatic carbocycles. The number of hydrogen-bond donors (Lipinski definition) is 0. The number of rotatable bonds is 7. The minimum absolute atomic E-state index is 0.185. The molecule has 30 heavy (non-hydrogen) atoms. The Morgan fingerprint density at radius 2 is 2.00 bits per heavy atom. The van der Waals surface area contributed by atoms with Gasteiger partial charge in [-0.2, -0.15) is 9.36 Å². The molecule has 0 amide bonds. The van der Waals surface area contributed by atoms with Gasteiger partial charge < -0.3 is 9.57 Å². The third-order valence-electron chi connectivity index (χ3n) is 4.49. The van der Waals surface area contributed by atoms with Crippen molar-refractivity contribution >= 4 is 5.71 Å². The lowest BCUT2D eigenvalue weighted by atomic mass is 10.1. The minimum Gasteiger partial charge on any atom is -0.481 e. The Labute approximate surface area is 174 Å². The van der Waals surface area contributed by atoms with E-state index < -0.39 is 0 Å². The minimum atomic E-state index is -0.328. The summed E-state index contributed by atoms with van der Waals surface area (Å²) in [4.78, 5) is 17.9. The molecule has 1 aromatic heterocycles. The first kappa shape index (κ1) is 20.9. The fourth-order valence-corrected chi connectivity index (χ4v) is 2.79. The average Bonchev–Trinajstić information content (AvgIpc) is 3.08. The van der Waals surface area contributed by atoms with Crippen molar-refractivity contribution in [1.82, 2.24) is 19.8 Å². The van der Waals surface area contributed by atoms with Crippen molar-refractivity contribution in [3.05, 3.63) is 69.6 Å². The van der Waals surface area contributed by atoms with Crippen LogP contribution in [0.1, 0.15) is 30.5 Å². The molecule has 0 aliphatic rings. The monoisotopic (exact) mass is 405 g/mol. The second-order valence-corrected chi connectivity index (χ2v) is 6.56. The molecule has 0 aliphatic heterocycles. The van der Waals surface area contributed by atoms with Crippen LogP contribution < -0.4 is 10.4 Å². The van der Waals surface area contributed by atoms with E-state index in [1.54, 1.807) is 20.0 Å². The van der Waals surface area contributed by atoms with Crippen LogP contribution in [0.2, 0.25) is 0 Å². The maximum Gasteiger partial charge on any atom is 0.368 e. The summed E-state index contributed by atoms with van der Waals surface area (Å²) >= 11 is 0. The van der Waals surface area contributed by atoms with Gasteiger partial charge in [-0.25, -0.2) is 4.79 Å². The summed E-state index contributed by atoms with van der Waals surface area (Å²) in [5.41, 5.74) is 3.65. The zero-order valence-electron chi connectivity index (χ0n) is 17.4. The van der Waals surface area contributed by atoms with Crippen LogP contribution >= 0.6 is 0 Å². The van der Waals surface area contributed by atoms with Gasteiger partial charge in [0.1, 0.15) is 19.0 Å². The first-order valence-corrected chi connectivity index (χ1v) is 9.38. The Bertz CT molecular complexity index is 1180. The lowest BCUT2D eigenvalue weighted by molar-refractivity contribution is 0.130. The first-order valence-electron chi connectivity index (χ1n) is 9.38. The lowest BCUT2D eigenvalue weighted by Crippen LogP contribution is -2.23. The number of hydrogen-bond acceptors (Lipinski definition) is 6. The van der Waals surface area contributed by atoms with Crippen LogP contribution in [-0.4, -0.2) is 32.1 Å². The highest BCUT2D eigenvalue weighted by atomic mass is 16.6. The number of tetrazole rings is 1. The van der Waals surface area contributed by atoms with Crippen LogP contribution in [0.5, 0.6) is 5.75 Å². The van der Waals surface area contributed by atoms with E-state index in [1.165, 1.54) is 9.36 Å². The zero-order chi connectivity index (χ0) is 21.5. The van der Waals surface area contributed by atoms with Crippen LogP contribution in [0.4, 0.5) is 0 Å². The van der Waals surface area contributed by atoms with Crippen molar-refractivity contribution in [2.24, 2.45) is 12.2 Å². The van der Waals surface area contributed by atoms with Gasteiger partial charge in [-0.15, -0.1) is 5.92 Å². The Kier molecular flexibility index (Phi) is 6.65. The van der Waals surface area contributed by atoms with Crippen molar-refractivity contribution in [2.75, 3.05) is 6.61 Å². The Morgan fingerprint density at radius 1 is 1.20 bits per heavy atom. The van der Waals surface area contributed by atoms with Crippen molar-refractivity contribution in [2.45, 2.75) is 27.4 Å². The predicted molar refractivity (Wildman–Crippen MR) is 114 cm³/mol. The van der Waals surface area contributed by atoms with Gasteiger partial charge in [0.15, 0.2) is 0 Å². The number of aryl methyl sites for hydroxylation is 2. The second kappa shape index (κ2) is 9.56. The van der Waals surface area contributed by atoms with Crippen molar-refractivity contribution in [3.63, 3.8) is 0 Å². The standard InChI is InChI=1S/C22H23N5O3/c1-5-6-13-29-19-11-8-10-18(14-19)17(3)23-30-15-20-16(2)9-7-12-21(20)27-22(28)26(4)24-25-27/h7-12,14H,13,15H2,1-4H3. The largest absolute Gasteiger partial charge is 0.481 e. The smallest absolute Gasteiger partial charge is 0.368 e. The number of nitrogens with zero attached hydrogens (tertiary/aromatic N) is 5. The van der Waals surface area contributed by atoms with E-state index in [0.29, 0.717) is 23.8 Å². The molecule has 8 nitrogen and oxygen atoms in total. The van der Waals surface area contributed by atoms with Crippen molar-refractivity contribution in [3.8, 4) is 23.3 Å². The Hall–Kier alpha value is -3.86. The van der Waals surface area contributed by atoms with Gasteiger partial charge in [0.05, 0.1) is 11.4 Å². The first-order chi connectivity index (χ1) is 14.5. The van der Waals surface area contributed by atoms with Gasteiger partial charge in [-0.1, -0.05) is 35.3 Å². The molecule has 0 spiro atoms. The van der Waals surface area contributed by atoms with Gasteiger partial charge in [0.25, 0.3) is 0 Å². The van der Waals surface area contributed by atoms with Gasteiger partial charge in [0.2, 0.25) is 0 Å². The molecule has 0 unspecified atom stereocenters. The number of benzene rings is 2. The van der Waals surface area contributed by atoms with E-state index in [-0.39, 0.29) is 12.3 Å². The molecule has 2 aromatic carbocycles. The van der Waals surface area contributed by atoms with Gasteiger partial charge in [0, 0.05) is 18.2 Å². The van der Waals surface area contributed by atoms with E-state index in [9.17, 15) is 4.79 Å². The van der Waals surface area contributed by atoms with E-state index >= 15 is 0 Å². The van der Waals surface area contributed by atoms with Crippen LogP contribution in [-0.2, 0) is 18.5 Å². The van der Waals surface area contributed by atoms with E-state index in [0.717, 1.165) is 16.7 Å². The van der Waals surface area contributed by atoms with Gasteiger partial charge in [-0.05, 0) is 55.0 Å². The molecule has 0 atom stereocenters. The molecule has 0 radical (unpaired) electrons. The van der Waals surface area contributed by atoms with E-state index in [4.69, 9.17) is 9.57 Å². The maximum atomic E-state index is 12.2. The summed E-state index contributed by atoms with van der Waals surface area (Å²) in [5, 5.41) is 11.9. The van der Waals surface area contributed by atoms with E-state index in [1.807, 2.05) is 50.2 Å². The molecule has 0 saturated carbocycles. The molecule has 0 saturated heterocycles. The van der Waals surface area contributed by atoms with Crippen molar-refractivity contribution < 1.29 is 9.57 Å². The number of ether oxygens (including phenoxy) is 1. The zero-order valence-corrected chi connectivity index (χ0v) is 17.4. The topological polar surface area (TPSA) is 83.5 Å². The molecule has 3 aromatic rings. The third-order valence-corrected chi connectivity index (χ3v) is 4.49.